The van der Waals surface area contributed by atoms with Gasteiger partial charge in [0.1, 0.15) is 12.4 Å². The molecule has 0 amide bonds. The van der Waals surface area contributed by atoms with Crippen molar-refractivity contribution in [3.63, 3.8) is 0 Å². The van der Waals surface area contributed by atoms with Gasteiger partial charge in [0, 0.05) is 0 Å². The van der Waals surface area contributed by atoms with Crippen molar-refractivity contribution in [3.05, 3.63) is 29.8 Å². The molecule has 0 bridgehead atoms. The van der Waals surface area contributed by atoms with Gasteiger partial charge in [0.25, 0.3) is 0 Å². The van der Waals surface area contributed by atoms with E-state index in [0.717, 1.165) is 12.2 Å². The van der Waals surface area contributed by atoms with E-state index < -0.39 is 0 Å². The molecule has 0 aliphatic heterocycles. The van der Waals surface area contributed by atoms with Crippen LogP contribution in [-0.4, -0.2) is 19.3 Å². The van der Waals surface area contributed by atoms with E-state index in [1.54, 1.807) is 0 Å². The molecule has 0 saturated carbocycles. The van der Waals surface area contributed by atoms with E-state index in [9.17, 15) is 0 Å². The Labute approximate surface area is 111 Å². The second-order valence-electron chi connectivity index (χ2n) is 6.15. The summed E-state index contributed by atoms with van der Waals surface area (Å²) < 4.78 is 11.1. The van der Waals surface area contributed by atoms with Gasteiger partial charge in [-0.05, 0) is 43.4 Å². The van der Waals surface area contributed by atoms with Crippen LogP contribution in [0.3, 0.4) is 0 Å². The van der Waals surface area contributed by atoms with Crippen molar-refractivity contribution in [2.75, 3.05) is 13.2 Å². The molecule has 1 aromatic carbocycles. The Morgan fingerprint density at radius 1 is 1.11 bits per heavy atom. The Kier molecular flexibility index (Phi) is 5.67. The first-order valence-electron chi connectivity index (χ1n) is 6.70. The predicted molar refractivity (Wildman–Crippen MR) is 76.2 cm³/mol. The molecule has 0 N–H and O–H groups in total. The molecular formula is C16H26O2. The van der Waals surface area contributed by atoms with Crippen LogP contribution >= 0.6 is 0 Å². The molecule has 0 saturated heterocycles. The highest BCUT2D eigenvalue weighted by atomic mass is 16.5. The second kappa shape index (κ2) is 6.79. The van der Waals surface area contributed by atoms with Gasteiger partial charge in [-0.3, -0.25) is 0 Å². The highest BCUT2D eigenvalue weighted by molar-refractivity contribution is 5.29. The maximum atomic E-state index is 5.69. The molecule has 2 nitrogen and oxygen atoms in total. The van der Waals surface area contributed by atoms with Gasteiger partial charge >= 0.3 is 0 Å². The van der Waals surface area contributed by atoms with Crippen LogP contribution in [0, 0.1) is 5.41 Å². The first kappa shape index (κ1) is 15.0. The number of benzene rings is 1. The Morgan fingerprint density at radius 2 is 1.83 bits per heavy atom. The van der Waals surface area contributed by atoms with Gasteiger partial charge in [-0.2, -0.15) is 0 Å². The number of hydrogen-bond donors (Lipinski definition) is 0. The Balaban J connectivity index is 2.44. The minimum absolute atomic E-state index is 0.265. The normalized spacial score (nSPS) is 11.9. The van der Waals surface area contributed by atoms with E-state index in [1.807, 2.05) is 19.9 Å². The minimum atomic E-state index is 0.265. The lowest BCUT2D eigenvalue weighted by Crippen LogP contribution is -2.12. The molecule has 2 heteroatoms. The molecule has 0 spiro atoms. The van der Waals surface area contributed by atoms with Gasteiger partial charge in [0.15, 0.2) is 0 Å². The monoisotopic (exact) mass is 250 g/mol. The third-order valence-corrected chi connectivity index (χ3v) is 2.44. The third-order valence-electron chi connectivity index (χ3n) is 2.44. The Hall–Kier alpha value is -1.02. The molecule has 0 heterocycles. The topological polar surface area (TPSA) is 18.5 Å². The standard InChI is InChI=1S/C16H26O2/c1-13(2)17-9-10-18-15-8-6-7-14(11-15)12-16(3,4)5/h6-8,11,13H,9-10,12H2,1-5H3. The molecule has 1 rings (SSSR count). The minimum Gasteiger partial charge on any atom is -0.491 e. The van der Waals surface area contributed by atoms with Gasteiger partial charge in [-0.1, -0.05) is 32.9 Å². The molecule has 0 fully saturated rings. The first-order chi connectivity index (χ1) is 8.37. The third kappa shape index (κ3) is 6.65. The van der Waals surface area contributed by atoms with Crippen LogP contribution in [0.15, 0.2) is 24.3 Å². The highest BCUT2D eigenvalue weighted by Gasteiger charge is 2.11. The number of rotatable bonds is 6. The van der Waals surface area contributed by atoms with Crippen molar-refractivity contribution in [1.82, 2.24) is 0 Å². The fourth-order valence-corrected chi connectivity index (χ4v) is 1.80. The van der Waals surface area contributed by atoms with Gasteiger partial charge in [-0.25, -0.2) is 0 Å². The summed E-state index contributed by atoms with van der Waals surface area (Å²) in [7, 11) is 0. The first-order valence-corrected chi connectivity index (χ1v) is 6.70. The molecule has 0 atom stereocenters. The maximum absolute atomic E-state index is 5.69. The van der Waals surface area contributed by atoms with Gasteiger partial charge < -0.3 is 9.47 Å². The van der Waals surface area contributed by atoms with E-state index in [0.29, 0.717) is 18.6 Å². The van der Waals surface area contributed by atoms with Crippen LogP contribution in [0.2, 0.25) is 0 Å². The lowest BCUT2D eigenvalue weighted by atomic mass is 9.88. The predicted octanol–water partition coefficient (Wildman–Crippen LogP) is 4.08. The number of hydrogen-bond acceptors (Lipinski definition) is 2. The Morgan fingerprint density at radius 3 is 2.44 bits per heavy atom. The average Bonchev–Trinajstić information content (AvgIpc) is 2.22. The van der Waals surface area contributed by atoms with E-state index in [-0.39, 0.29) is 6.10 Å². The van der Waals surface area contributed by atoms with E-state index in [1.165, 1.54) is 5.56 Å². The second-order valence-corrected chi connectivity index (χ2v) is 6.15. The van der Waals surface area contributed by atoms with Gasteiger partial charge in [0.05, 0.1) is 12.7 Å². The van der Waals surface area contributed by atoms with Crippen molar-refractivity contribution in [3.8, 4) is 5.75 Å². The van der Waals surface area contributed by atoms with Crippen LogP contribution in [-0.2, 0) is 11.2 Å². The molecule has 18 heavy (non-hydrogen) atoms. The van der Waals surface area contributed by atoms with Gasteiger partial charge in [0.2, 0.25) is 0 Å². The zero-order chi connectivity index (χ0) is 13.6. The summed E-state index contributed by atoms with van der Waals surface area (Å²) in [6, 6.07) is 8.34. The summed E-state index contributed by atoms with van der Waals surface area (Å²) in [6.07, 6.45) is 1.33. The van der Waals surface area contributed by atoms with Crippen LogP contribution < -0.4 is 4.74 Å². The Bertz CT molecular complexity index is 350. The van der Waals surface area contributed by atoms with E-state index >= 15 is 0 Å². The summed E-state index contributed by atoms with van der Waals surface area (Å²) in [5.74, 6) is 0.934. The lowest BCUT2D eigenvalue weighted by molar-refractivity contribution is 0.0552. The van der Waals surface area contributed by atoms with Crippen LogP contribution in [0.1, 0.15) is 40.2 Å². The van der Waals surface area contributed by atoms with Crippen molar-refractivity contribution in [2.24, 2.45) is 5.41 Å². The zero-order valence-corrected chi connectivity index (χ0v) is 12.3. The summed E-state index contributed by atoms with van der Waals surface area (Å²) >= 11 is 0. The molecule has 1 aromatic rings. The smallest absolute Gasteiger partial charge is 0.119 e. The SMILES string of the molecule is CC(C)OCCOc1cccc(CC(C)(C)C)c1. The van der Waals surface area contributed by atoms with Gasteiger partial charge in [-0.15, -0.1) is 0 Å². The molecule has 0 aliphatic carbocycles. The van der Waals surface area contributed by atoms with Crippen LogP contribution in [0.5, 0.6) is 5.75 Å². The lowest BCUT2D eigenvalue weighted by Gasteiger charge is -2.18. The zero-order valence-electron chi connectivity index (χ0n) is 12.3. The molecular weight excluding hydrogens is 224 g/mol. The maximum Gasteiger partial charge on any atom is 0.119 e. The van der Waals surface area contributed by atoms with E-state index in [2.05, 4.69) is 39.0 Å². The molecule has 0 unspecified atom stereocenters. The van der Waals surface area contributed by atoms with E-state index in [4.69, 9.17) is 9.47 Å². The fourth-order valence-electron chi connectivity index (χ4n) is 1.80. The van der Waals surface area contributed by atoms with Crippen molar-refractivity contribution < 1.29 is 9.47 Å². The fraction of sp³-hybridized carbons (Fsp3) is 0.625. The summed E-state index contributed by atoms with van der Waals surface area (Å²) in [4.78, 5) is 0. The highest BCUT2D eigenvalue weighted by Crippen LogP contribution is 2.23. The molecule has 0 aromatic heterocycles. The quantitative estimate of drug-likeness (QED) is 0.708. The van der Waals surface area contributed by atoms with Crippen LogP contribution in [0.25, 0.3) is 0 Å². The van der Waals surface area contributed by atoms with Crippen molar-refractivity contribution in [1.29, 1.82) is 0 Å². The average molecular weight is 250 g/mol. The summed E-state index contributed by atoms with van der Waals surface area (Å²) in [5, 5.41) is 0. The molecule has 0 radical (unpaired) electrons. The molecule has 0 aliphatic rings. The summed E-state index contributed by atoms with van der Waals surface area (Å²) in [6.45, 7) is 12.1. The summed E-state index contributed by atoms with van der Waals surface area (Å²) in [5.41, 5.74) is 1.63. The largest absolute Gasteiger partial charge is 0.491 e. The van der Waals surface area contributed by atoms with Crippen LogP contribution in [0.4, 0.5) is 0 Å². The van der Waals surface area contributed by atoms with Crippen molar-refractivity contribution in [2.45, 2.75) is 47.1 Å². The van der Waals surface area contributed by atoms with Crippen molar-refractivity contribution >= 4 is 0 Å². The number of ether oxygens (including phenoxy) is 2. The molecule has 102 valence electrons.